The Kier molecular flexibility index (Phi) is 5.56. The Bertz CT molecular complexity index is 1230. The second kappa shape index (κ2) is 8.60. The maximum Gasteiger partial charge on any atom is 0.248 e. The molecule has 2 aromatic carbocycles. The van der Waals surface area contributed by atoms with Crippen LogP contribution in [0.25, 0.3) is 22.5 Å². The van der Waals surface area contributed by atoms with E-state index in [-0.39, 0.29) is 5.91 Å². The van der Waals surface area contributed by atoms with Crippen LogP contribution in [0.5, 0.6) is 11.5 Å². The fraction of sp³-hybridized carbons (Fsp3) is 0.182. The van der Waals surface area contributed by atoms with Gasteiger partial charge in [0.25, 0.3) is 0 Å². The number of fused-ring (bicyclic) bond motifs is 3. The molecule has 0 bridgehead atoms. The molecular formula is C22H21N5O3. The first-order chi connectivity index (χ1) is 14.7. The quantitative estimate of drug-likeness (QED) is 0.473. The summed E-state index contributed by atoms with van der Waals surface area (Å²) in [5.41, 5.74) is 1.17. The predicted molar refractivity (Wildman–Crippen MR) is 115 cm³/mol. The lowest BCUT2D eigenvalue weighted by Gasteiger charge is -2.12. The molecule has 30 heavy (non-hydrogen) atoms. The smallest absolute Gasteiger partial charge is 0.248 e. The van der Waals surface area contributed by atoms with Gasteiger partial charge < -0.3 is 14.8 Å². The topological polar surface area (TPSA) is 90.6 Å². The third-order valence-electron chi connectivity index (χ3n) is 4.38. The van der Waals surface area contributed by atoms with Crippen LogP contribution in [0.4, 0.5) is 5.69 Å². The first-order valence-electron chi connectivity index (χ1n) is 9.67. The molecule has 4 rings (SSSR count). The summed E-state index contributed by atoms with van der Waals surface area (Å²) in [6.45, 7) is 4.80. The van der Waals surface area contributed by atoms with Crippen LogP contribution >= 0.6 is 0 Å². The third kappa shape index (κ3) is 3.93. The van der Waals surface area contributed by atoms with E-state index in [9.17, 15) is 4.79 Å². The van der Waals surface area contributed by atoms with Gasteiger partial charge in [0.2, 0.25) is 5.91 Å². The van der Waals surface area contributed by atoms with Crippen LogP contribution in [0, 0.1) is 0 Å². The molecule has 0 atom stereocenters. The van der Waals surface area contributed by atoms with Crippen LogP contribution in [0.15, 0.2) is 54.7 Å². The Morgan fingerprint density at radius 2 is 1.93 bits per heavy atom. The van der Waals surface area contributed by atoms with E-state index in [1.54, 1.807) is 35.0 Å². The van der Waals surface area contributed by atoms with Crippen molar-refractivity contribution in [1.82, 2.24) is 19.8 Å². The van der Waals surface area contributed by atoms with Crippen molar-refractivity contribution >= 4 is 34.1 Å². The van der Waals surface area contributed by atoms with Crippen LogP contribution < -0.4 is 14.8 Å². The van der Waals surface area contributed by atoms with Gasteiger partial charge in [0.1, 0.15) is 11.5 Å². The number of rotatable bonds is 7. The zero-order valence-corrected chi connectivity index (χ0v) is 16.7. The monoisotopic (exact) mass is 403 g/mol. The van der Waals surface area contributed by atoms with E-state index in [0.29, 0.717) is 41.9 Å². The summed E-state index contributed by atoms with van der Waals surface area (Å²) in [4.78, 5) is 12.5. The van der Waals surface area contributed by atoms with Crippen molar-refractivity contribution in [3.05, 3.63) is 60.6 Å². The first-order valence-corrected chi connectivity index (χ1v) is 9.67. The fourth-order valence-corrected chi connectivity index (χ4v) is 3.08. The molecule has 0 spiro atoms. The molecule has 1 N–H and O–H groups in total. The largest absolute Gasteiger partial charge is 0.494 e. The zero-order chi connectivity index (χ0) is 20.9. The minimum Gasteiger partial charge on any atom is -0.494 e. The SMILES string of the molecule is CCOc1ccc(OCC)c(NC(=O)/C=C/c2nnc3c4ccccc4cnn23)c1. The summed E-state index contributed by atoms with van der Waals surface area (Å²) in [6.07, 6.45) is 4.71. The highest BCUT2D eigenvalue weighted by Gasteiger charge is 2.10. The molecule has 4 aromatic rings. The average molecular weight is 403 g/mol. The van der Waals surface area contributed by atoms with Crippen LogP contribution in [0.2, 0.25) is 0 Å². The van der Waals surface area contributed by atoms with Crippen LogP contribution in [-0.2, 0) is 4.79 Å². The fourth-order valence-electron chi connectivity index (χ4n) is 3.08. The second-order valence-electron chi connectivity index (χ2n) is 6.37. The van der Waals surface area contributed by atoms with Gasteiger partial charge in [-0.25, -0.2) is 0 Å². The lowest BCUT2D eigenvalue weighted by molar-refractivity contribution is -0.111. The minimum absolute atomic E-state index is 0.331. The van der Waals surface area contributed by atoms with Gasteiger partial charge in [-0.2, -0.15) is 9.61 Å². The van der Waals surface area contributed by atoms with E-state index in [1.165, 1.54) is 6.08 Å². The van der Waals surface area contributed by atoms with Gasteiger partial charge in [-0.15, -0.1) is 10.2 Å². The lowest BCUT2D eigenvalue weighted by atomic mass is 10.2. The Balaban J connectivity index is 1.57. The first kappa shape index (κ1) is 19.4. The number of anilines is 1. The Morgan fingerprint density at radius 1 is 1.10 bits per heavy atom. The number of nitrogens with zero attached hydrogens (tertiary/aromatic N) is 4. The van der Waals surface area contributed by atoms with E-state index in [4.69, 9.17) is 9.47 Å². The standard InChI is InChI=1S/C22H21N5O3/c1-3-29-16-9-10-19(30-4-2)18(13-16)24-21(28)12-11-20-25-26-22-17-8-6-5-7-15(17)14-23-27(20)22/h5-14H,3-4H2,1-2H3,(H,24,28)/b12-11+. The summed E-state index contributed by atoms with van der Waals surface area (Å²) in [7, 11) is 0. The predicted octanol–water partition coefficient (Wildman–Crippen LogP) is 3.73. The molecule has 0 unspecified atom stereocenters. The summed E-state index contributed by atoms with van der Waals surface area (Å²) < 4.78 is 12.7. The molecule has 0 fully saturated rings. The van der Waals surface area contributed by atoms with Gasteiger partial charge in [-0.05, 0) is 32.1 Å². The third-order valence-corrected chi connectivity index (χ3v) is 4.38. The number of amides is 1. The number of carbonyl (C=O) groups excluding carboxylic acids is 1. The van der Waals surface area contributed by atoms with Crippen LogP contribution in [0.1, 0.15) is 19.7 Å². The van der Waals surface area contributed by atoms with E-state index in [1.807, 2.05) is 38.1 Å². The number of hydrogen-bond acceptors (Lipinski definition) is 6. The average Bonchev–Trinajstić information content (AvgIpc) is 3.18. The Hall–Kier alpha value is -3.94. The highest BCUT2D eigenvalue weighted by atomic mass is 16.5. The van der Waals surface area contributed by atoms with Crippen molar-refractivity contribution < 1.29 is 14.3 Å². The summed E-state index contributed by atoms with van der Waals surface area (Å²) in [5, 5.41) is 17.5. The molecule has 152 valence electrons. The number of aromatic nitrogens is 4. The lowest BCUT2D eigenvalue weighted by Crippen LogP contribution is -2.10. The molecule has 2 aromatic heterocycles. The summed E-state index contributed by atoms with van der Waals surface area (Å²) >= 11 is 0. The molecule has 2 heterocycles. The van der Waals surface area contributed by atoms with Crippen molar-refractivity contribution in [3.8, 4) is 11.5 Å². The molecular weight excluding hydrogens is 382 g/mol. The van der Waals surface area contributed by atoms with Crippen molar-refractivity contribution in [2.24, 2.45) is 0 Å². The highest BCUT2D eigenvalue weighted by molar-refractivity contribution is 6.03. The van der Waals surface area contributed by atoms with Crippen molar-refractivity contribution in [2.75, 3.05) is 18.5 Å². The van der Waals surface area contributed by atoms with Crippen LogP contribution in [0.3, 0.4) is 0 Å². The summed E-state index contributed by atoms with van der Waals surface area (Å²) in [5.74, 6) is 1.35. The van der Waals surface area contributed by atoms with E-state index in [0.717, 1.165) is 10.8 Å². The van der Waals surface area contributed by atoms with Crippen molar-refractivity contribution in [3.63, 3.8) is 0 Å². The van der Waals surface area contributed by atoms with Gasteiger partial charge in [0.15, 0.2) is 11.5 Å². The van der Waals surface area contributed by atoms with E-state index < -0.39 is 0 Å². The van der Waals surface area contributed by atoms with Gasteiger partial charge in [-0.1, -0.05) is 24.3 Å². The minimum atomic E-state index is -0.331. The molecule has 1 amide bonds. The van der Waals surface area contributed by atoms with Crippen molar-refractivity contribution in [1.29, 1.82) is 0 Å². The van der Waals surface area contributed by atoms with Gasteiger partial charge >= 0.3 is 0 Å². The normalized spacial score (nSPS) is 11.3. The number of carbonyl (C=O) groups is 1. The number of ether oxygens (including phenoxy) is 2. The maximum absolute atomic E-state index is 12.5. The number of hydrogen-bond donors (Lipinski definition) is 1. The highest BCUT2D eigenvalue weighted by Crippen LogP contribution is 2.29. The molecule has 8 nitrogen and oxygen atoms in total. The molecule has 0 saturated carbocycles. The summed E-state index contributed by atoms with van der Waals surface area (Å²) in [6, 6.07) is 13.1. The molecule has 0 aliphatic heterocycles. The van der Waals surface area contributed by atoms with Gasteiger partial charge in [-0.3, -0.25) is 4.79 Å². The Morgan fingerprint density at radius 3 is 2.77 bits per heavy atom. The Labute approximate surface area is 173 Å². The molecule has 0 aliphatic rings. The van der Waals surface area contributed by atoms with Crippen molar-refractivity contribution in [2.45, 2.75) is 13.8 Å². The maximum atomic E-state index is 12.5. The van der Waals surface area contributed by atoms with E-state index >= 15 is 0 Å². The van der Waals surface area contributed by atoms with E-state index in [2.05, 4.69) is 20.6 Å². The van der Waals surface area contributed by atoms with Crippen LogP contribution in [-0.4, -0.2) is 38.9 Å². The second-order valence-corrected chi connectivity index (χ2v) is 6.37. The zero-order valence-electron chi connectivity index (χ0n) is 16.7. The molecule has 8 heteroatoms. The molecule has 0 saturated heterocycles. The number of nitrogens with one attached hydrogen (secondary N) is 1. The van der Waals surface area contributed by atoms with Gasteiger partial charge in [0, 0.05) is 22.9 Å². The molecule has 0 radical (unpaired) electrons. The number of benzene rings is 2. The molecule has 0 aliphatic carbocycles. The van der Waals surface area contributed by atoms with Gasteiger partial charge in [0.05, 0.1) is 25.1 Å².